The molecule has 1 saturated carbocycles. The number of aromatic nitrogens is 2. The van der Waals surface area contributed by atoms with E-state index < -0.39 is 5.97 Å². The van der Waals surface area contributed by atoms with Crippen molar-refractivity contribution in [1.82, 2.24) is 9.78 Å². The van der Waals surface area contributed by atoms with Gasteiger partial charge in [-0.1, -0.05) is 19.8 Å². The Morgan fingerprint density at radius 3 is 2.68 bits per heavy atom. The van der Waals surface area contributed by atoms with Crippen LogP contribution < -0.4 is 0 Å². The number of aryl methyl sites for hydroxylation is 2. The fraction of sp³-hybridized carbons (Fsp3) is 0.733. The number of aliphatic carboxylic acids is 1. The molecule has 0 bridgehead atoms. The number of rotatable bonds is 6. The summed E-state index contributed by atoms with van der Waals surface area (Å²) >= 11 is 0. The minimum absolute atomic E-state index is 0.241. The van der Waals surface area contributed by atoms with Crippen molar-refractivity contribution in [3.8, 4) is 0 Å². The summed E-state index contributed by atoms with van der Waals surface area (Å²) in [5, 5.41) is 14.0. The van der Waals surface area contributed by atoms with Crippen LogP contribution in [0, 0.1) is 11.8 Å². The molecule has 1 heterocycles. The van der Waals surface area contributed by atoms with Crippen LogP contribution in [0.1, 0.15) is 50.9 Å². The van der Waals surface area contributed by atoms with Crippen molar-refractivity contribution in [2.75, 3.05) is 0 Å². The van der Waals surface area contributed by atoms with E-state index in [1.165, 1.54) is 12.8 Å². The molecule has 1 N–H and O–H groups in total. The first-order valence-corrected chi connectivity index (χ1v) is 7.44. The lowest BCUT2D eigenvalue weighted by molar-refractivity contribution is -0.143. The highest BCUT2D eigenvalue weighted by atomic mass is 16.4. The zero-order valence-corrected chi connectivity index (χ0v) is 11.9. The molecule has 4 nitrogen and oxygen atoms in total. The molecule has 1 aromatic heterocycles. The lowest BCUT2D eigenvalue weighted by atomic mass is 9.87. The molecule has 0 spiro atoms. The fourth-order valence-corrected chi connectivity index (χ4v) is 3.17. The molecular formula is C15H24N2O2. The van der Waals surface area contributed by atoms with E-state index in [4.69, 9.17) is 0 Å². The smallest absolute Gasteiger partial charge is 0.307 e. The van der Waals surface area contributed by atoms with Gasteiger partial charge < -0.3 is 5.11 Å². The quantitative estimate of drug-likeness (QED) is 0.859. The maximum atomic E-state index is 11.5. The summed E-state index contributed by atoms with van der Waals surface area (Å²) in [5.41, 5.74) is 2.14. The molecule has 1 aliphatic carbocycles. The fourth-order valence-electron chi connectivity index (χ4n) is 3.17. The molecule has 0 aliphatic heterocycles. The molecule has 2 rings (SSSR count). The molecule has 1 unspecified atom stereocenters. The molecule has 4 heteroatoms. The van der Waals surface area contributed by atoms with Crippen molar-refractivity contribution in [3.05, 3.63) is 17.5 Å². The van der Waals surface area contributed by atoms with Gasteiger partial charge in [0, 0.05) is 18.7 Å². The minimum atomic E-state index is -0.645. The van der Waals surface area contributed by atoms with E-state index in [1.54, 1.807) is 0 Å². The number of carboxylic acids is 1. The third-order valence-electron chi connectivity index (χ3n) is 4.29. The van der Waals surface area contributed by atoms with Crippen molar-refractivity contribution in [1.29, 1.82) is 0 Å². The summed E-state index contributed by atoms with van der Waals surface area (Å²) < 4.78 is 1.96. The van der Waals surface area contributed by atoms with Crippen molar-refractivity contribution in [3.63, 3.8) is 0 Å². The van der Waals surface area contributed by atoms with Gasteiger partial charge in [0.05, 0.1) is 11.6 Å². The Labute approximate surface area is 114 Å². The van der Waals surface area contributed by atoms with Gasteiger partial charge in [-0.2, -0.15) is 5.10 Å². The van der Waals surface area contributed by atoms with Crippen LogP contribution in [0.5, 0.6) is 0 Å². The molecule has 1 aromatic rings. The maximum Gasteiger partial charge on any atom is 0.307 e. The van der Waals surface area contributed by atoms with E-state index in [0.29, 0.717) is 12.3 Å². The van der Waals surface area contributed by atoms with E-state index in [2.05, 4.69) is 25.0 Å². The van der Waals surface area contributed by atoms with Crippen molar-refractivity contribution in [2.24, 2.45) is 11.8 Å². The van der Waals surface area contributed by atoms with E-state index in [1.807, 2.05) is 4.68 Å². The van der Waals surface area contributed by atoms with Gasteiger partial charge in [0.15, 0.2) is 0 Å². The Morgan fingerprint density at radius 1 is 1.47 bits per heavy atom. The molecule has 0 amide bonds. The Balaban J connectivity index is 2.16. The summed E-state index contributed by atoms with van der Waals surface area (Å²) in [6.45, 7) is 4.95. The average molecular weight is 264 g/mol. The van der Waals surface area contributed by atoms with E-state index in [-0.39, 0.29) is 5.92 Å². The highest BCUT2D eigenvalue weighted by Gasteiger charge is 2.31. The number of hydrogen-bond acceptors (Lipinski definition) is 2. The molecule has 0 aromatic carbocycles. The summed E-state index contributed by atoms with van der Waals surface area (Å²) in [6.07, 6.45) is 6.03. The van der Waals surface area contributed by atoms with E-state index >= 15 is 0 Å². The second-order valence-corrected chi connectivity index (χ2v) is 5.49. The van der Waals surface area contributed by atoms with Gasteiger partial charge in [-0.25, -0.2) is 0 Å². The number of carboxylic acid groups (broad SMARTS) is 1. The first-order valence-electron chi connectivity index (χ1n) is 7.44. The van der Waals surface area contributed by atoms with Crippen LogP contribution in [-0.4, -0.2) is 20.9 Å². The first kappa shape index (κ1) is 14.1. The SMILES string of the molecule is CCc1cc(CC(C(=O)O)C2CCCC2)n(CC)n1. The summed E-state index contributed by atoms with van der Waals surface area (Å²) in [7, 11) is 0. The molecule has 19 heavy (non-hydrogen) atoms. The zero-order chi connectivity index (χ0) is 13.8. The third-order valence-corrected chi connectivity index (χ3v) is 4.29. The van der Waals surface area contributed by atoms with Gasteiger partial charge in [-0.3, -0.25) is 9.48 Å². The Morgan fingerprint density at radius 2 is 2.16 bits per heavy atom. The van der Waals surface area contributed by atoms with Crippen LogP contribution in [-0.2, 0) is 24.2 Å². The summed E-state index contributed by atoms with van der Waals surface area (Å²) in [4.78, 5) is 11.5. The summed E-state index contributed by atoms with van der Waals surface area (Å²) in [5.74, 6) is -0.536. The second kappa shape index (κ2) is 6.22. The topological polar surface area (TPSA) is 55.1 Å². The van der Waals surface area contributed by atoms with Crippen LogP contribution >= 0.6 is 0 Å². The Bertz CT molecular complexity index is 433. The molecule has 0 saturated heterocycles. The monoisotopic (exact) mass is 264 g/mol. The van der Waals surface area contributed by atoms with Gasteiger partial charge in [-0.15, -0.1) is 0 Å². The van der Waals surface area contributed by atoms with Gasteiger partial charge in [0.2, 0.25) is 0 Å². The molecule has 1 aliphatic rings. The molecule has 1 fully saturated rings. The Kier molecular flexibility index (Phi) is 4.61. The normalized spacial score (nSPS) is 17.8. The van der Waals surface area contributed by atoms with Gasteiger partial charge in [-0.05, 0) is 38.2 Å². The second-order valence-electron chi connectivity index (χ2n) is 5.49. The van der Waals surface area contributed by atoms with E-state index in [0.717, 1.165) is 37.2 Å². The third kappa shape index (κ3) is 3.17. The van der Waals surface area contributed by atoms with Crippen LogP contribution in [0.15, 0.2) is 6.07 Å². The van der Waals surface area contributed by atoms with E-state index in [9.17, 15) is 9.90 Å². The Hall–Kier alpha value is -1.32. The number of nitrogens with zero attached hydrogens (tertiary/aromatic N) is 2. The molecule has 0 radical (unpaired) electrons. The molecule has 106 valence electrons. The van der Waals surface area contributed by atoms with Crippen molar-refractivity contribution in [2.45, 2.75) is 58.9 Å². The zero-order valence-electron chi connectivity index (χ0n) is 11.9. The maximum absolute atomic E-state index is 11.5. The predicted octanol–water partition coefficient (Wildman–Crippen LogP) is 2.90. The standard InChI is InChI=1S/C15H24N2O2/c1-3-12-9-13(17(4-2)16-12)10-14(15(18)19)11-7-5-6-8-11/h9,11,14H,3-8,10H2,1-2H3,(H,18,19). The van der Waals surface area contributed by atoms with Gasteiger partial charge in [0.1, 0.15) is 0 Å². The largest absolute Gasteiger partial charge is 0.481 e. The minimum Gasteiger partial charge on any atom is -0.481 e. The highest BCUT2D eigenvalue weighted by Crippen LogP contribution is 2.33. The van der Waals surface area contributed by atoms with Crippen LogP contribution in [0.2, 0.25) is 0 Å². The predicted molar refractivity (Wildman–Crippen MR) is 74.1 cm³/mol. The van der Waals surface area contributed by atoms with Crippen LogP contribution in [0.4, 0.5) is 0 Å². The number of carbonyl (C=O) groups is 1. The average Bonchev–Trinajstić information content (AvgIpc) is 3.04. The lowest BCUT2D eigenvalue weighted by Gasteiger charge is -2.19. The van der Waals surface area contributed by atoms with Gasteiger partial charge in [0.25, 0.3) is 0 Å². The summed E-state index contributed by atoms with van der Waals surface area (Å²) in [6, 6.07) is 2.08. The van der Waals surface area contributed by atoms with Gasteiger partial charge >= 0.3 is 5.97 Å². The van der Waals surface area contributed by atoms with Crippen molar-refractivity contribution < 1.29 is 9.90 Å². The van der Waals surface area contributed by atoms with Crippen LogP contribution in [0.25, 0.3) is 0 Å². The van der Waals surface area contributed by atoms with Crippen LogP contribution in [0.3, 0.4) is 0 Å². The first-order chi connectivity index (χ1) is 9.15. The molecular weight excluding hydrogens is 240 g/mol. The number of hydrogen-bond donors (Lipinski definition) is 1. The molecule has 1 atom stereocenters. The lowest BCUT2D eigenvalue weighted by Crippen LogP contribution is -2.25. The van der Waals surface area contributed by atoms with Crippen molar-refractivity contribution >= 4 is 5.97 Å². The highest BCUT2D eigenvalue weighted by molar-refractivity contribution is 5.70.